The molecule has 0 spiro atoms. The van der Waals surface area contributed by atoms with E-state index in [1.807, 2.05) is 41.3 Å². The van der Waals surface area contributed by atoms with Gasteiger partial charge in [0.05, 0.1) is 32.5 Å². The molecule has 1 aliphatic heterocycles. The number of piperazine rings is 1. The lowest BCUT2D eigenvalue weighted by Crippen LogP contribution is -2.49. The summed E-state index contributed by atoms with van der Waals surface area (Å²) in [4.78, 5) is 24.5. The molecule has 176 valence electrons. The fourth-order valence-corrected chi connectivity index (χ4v) is 4.99. The van der Waals surface area contributed by atoms with E-state index in [1.54, 1.807) is 6.07 Å². The molecule has 5 rings (SSSR count). The van der Waals surface area contributed by atoms with Gasteiger partial charge in [-0.2, -0.15) is 0 Å². The Labute approximate surface area is 210 Å². The number of carbonyl (C=O) groups excluding carboxylic acids is 1. The predicted molar refractivity (Wildman–Crippen MR) is 134 cm³/mol. The Balaban J connectivity index is 1.08. The molecule has 1 saturated heterocycles. The van der Waals surface area contributed by atoms with Crippen LogP contribution in [0.4, 0.5) is 5.69 Å². The summed E-state index contributed by atoms with van der Waals surface area (Å²) in [5.41, 5.74) is 2.85. The Morgan fingerprint density at radius 3 is 2.68 bits per heavy atom. The SMILES string of the molecule is O=C(CSc1nnc(CCc2nc3ccccc3[nH]2)o1)N1CCN(c2cccc(Cl)c2Cl)CC1. The van der Waals surface area contributed by atoms with Crippen LogP contribution in [0, 0.1) is 0 Å². The third-order valence-electron chi connectivity index (χ3n) is 5.69. The van der Waals surface area contributed by atoms with Gasteiger partial charge in [0.2, 0.25) is 11.8 Å². The standard InChI is InChI=1S/C23H22Cl2N6O2S/c24-15-4-3-7-18(22(15)25)30-10-12-31(13-11-30)21(32)14-34-23-29-28-20(33-23)9-8-19-26-16-5-1-2-6-17(16)27-19/h1-7H,8-14H2,(H,26,27). The van der Waals surface area contributed by atoms with Crippen molar-refractivity contribution in [3.63, 3.8) is 0 Å². The number of fused-ring (bicyclic) bond motifs is 1. The summed E-state index contributed by atoms with van der Waals surface area (Å²) < 4.78 is 5.71. The number of rotatable bonds is 7. The van der Waals surface area contributed by atoms with Crippen LogP contribution in [0.3, 0.4) is 0 Å². The van der Waals surface area contributed by atoms with Gasteiger partial charge in [0.1, 0.15) is 5.82 Å². The highest BCUT2D eigenvalue weighted by Crippen LogP contribution is 2.33. The van der Waals surface area contributed by atoms with E-state index in [4.69, 9.17) is 27.6 Å². The van der Waals surface area contributed by atoms with E-state index in [9.17, 15) is 4.79 Å². The lowest BCUT2D eigenvalue weighted by molar-refractivity contribution is -0.128. The highest BCUT2D eigenvalue weighted by molar-refractivity contribution is 7.99. The van der Waals surface area contributed by atoms with Crippen molar-refractivity contribution in [2.75, 3.05) is 36.8 Å². The van der Waals surface area contributed by atoms with Gasteiger partial charge in [0.25, 0.3) is 5.22 Å². The van der Waals surface area contributed by atoms with Gasteiger partial charge in [0.15, 0.2) is 0 Å². The Kier molecular flexibility index (Phi) is 6.94. The summed E-state index contributed by atoms with van der Waals surface area (Å²) in [5.74, 6) is 1.71. The van der Waals surface area contributed by atoms with Crippen LogP contribution in [0.2, 0.25) is 10.0 Å². The minimum absolute atomic E-state index is 0.0452. The van der Waals surface area contributed by atoms with Crippen molar-refractivity contribution in [1.29, 1.82) is 0 Å². The van der Waals surface area contributed by atoms with Crippen LogP contribution in [0.25, 0.3) is 11.0 Å². The molecule has 4 aromatic rings. The van der Waals surface area contributed by atoms with Crippen LogP contribution in [0.1, 0.15) is 11.7 Å². The number of imidazole rings is 1. The first kappa shape index (κ1) is 23.0. The average Bonchev–Trinajstić information content (AvgIpc) is 3.49. The van der Waals surface area contributed by atoms with Gasteiger partial charge in [-0.15, -0.1) is 10.2 Å². The van der Waals surface area contributed by atoms with Gasteiger partial charge in [-0.25, -0.2) is 4.98 Å². The zero-order valence-corrected chi connectivity index (χ0v) is 20.5. The van der Waals surface area contributed by atoms with Crippen molar-refractivity contribution in [2.45, 2.75) is 18.1 Å². The summed E-state index contributed by atoms with van der Waals surface area (Å²) in [7, 11) is 0. The summed E-state index contributed by atoms with van der Waals surface area (Å²) in [6, 6.07) is 13.5. The van der Waals surface area contributed by atoms with E-state index in [1.165, 1.54) is 11.8 Å². The van der Waals surface area contributed by atoms with E-state index in [-0.39, 0.29) is 11.7 Å². The van der Waals surface area contributed by atoms with Crippen LogP contribution in [-0.2, 0) is 17.6 Å². The maximum atomic E-state index is 12.7. The van der Waals surface area contributed by atoms with E-state index >= 15 is 0 Å². The molecular formula is C23H22Cl2N6O2S. The van der Waals surface area contributed by atoms with Gasteiger partial charge in [-0.1, -0.05) is 53.2 Å². The van der Waals surface area contributed by atoms with Gasteiger partial charge >= 0.3 is 0 Å². The van der Waals surface area contributed by atoms with Crippen molar-refractivity contribution in [2.24, 2.45) is 0 Å². The third-order valence-corrected chi connectivity index (χ3v) is 7.30. The monoisotopic (exact) mass is 516 g/mol. The molecule has 3 heterocycles. The Morgan fingerprint density at radius 2 is 1.85 bits per heavy atom. The molecule has 2 aromatic heterocycles. The molecule has 0 saturated carbocycles. The normalized spacial score (nSPS) is 14.2. The molecule has 0 aliphatic carbocycles. The summed E-state index contributed by atoms with van der Waals surface area (Å²) >= 11 is 13.7. The van der Waals surface area contributed by atoms with Gasteiger partial charge < -0.3 is 19.2 Å². The number of hydrogen-bond acceptors (Lipinski definition) is 7. The lowest BCUT2D eigenvalue weighted by Gasteiger charge is -2.36. The van der Waals surface area contributed by atoms with Crippen molar-refractivity contribution < 1.29 is 9.21 Å². The lowest BCUT2D eigenvalue weighted by atomic mass is 10.2. The molecule has 0 atom stereocenters. The number of thioether (sulfide) groups is 1. The average molecular weight is 517 g/mol. The van der Waals surface area contributed by atoms with Crippen molar-refractivity contribution >= 4 is 57.6 Å². The van der Waals surface area contributed by atoms with Gasteiger partial charge in [-0.3, -0.25) is 4.79 Å². The number of halogens is 2. The molecule has 2 aromatic carbocycles. The number of hydrogen-bond donors (Lipinski definition) is 1. The molecule has 34 heavy (non-hydrogen) atoms. The minimum atomic E-state index is 0.0452. The van der Waals surface area contributed by atoms with Crippen molar-refractivity contribution in [1.82, 2.24) is 25.1 Å². The first-order valence-electron chi connectivity index (χ1n) is 10.9. The summed E-state index contributed by atoms with van der Waals surface area (Å²) in [6.45, 7) is 2.63. The van der Waals surface area contributed by atoms with E-state index in [0.29, 0.717) is 60.2 Å². The number of nitrogens with zero attached hydrogens (tertiary/aromatic N) is 5. The van der Waals surface area contributed by atoms with Crippen LogP contribution >= 0.6 is 35.0 Å². The number of amides is 1. The van der Waals surface area contributed by atoms with E-state index in [2.05, 4.69) is 25.1 Å². The molecule has 0 bridgehead atoms. The second kappa shape index (κ2) is 10.2. The quantitative estimate of drug-likeness (QED) is 0.362. The topological polar surface area (TPSA) is 91.1 Å². The first-order valence-corrected chi connectivity index (χ1v) is 12.7. The van der Waals surface area contributed by atoms with Gasteiger partial charge in [-0.05, 0) is 24.3 Å². The maximum absolute atomic E-state index is 12.7. The number of H-pyrrole nitrogens is 1. The molecule has 1 aliphatic rings. The zero-order chi connectivity index (χ0) is 23.5. The fraction of sp³-hybridized carbons (Fsp3) is 0.304. The number of aromatic amines is 1. The van der Waals surface area contributed by atoms with Crippen LogP contribution < -0.4 is 4.90 Å². The number of aromatic nitrogens is 4. The minimum Gasteiger partial charge on any atom is -0.416 e. The second-order valence-electron chi connectivity index (χ2n) is 7.89. The predicted octanol–water partition coefficient (Wildman–Crippen LogP) is 4.48. The van der Waals surface area contributed by atoms with Gasteiger partial charge in [0, 0.05) is 39.0 Å². The third kappa shape index (κ3) is 5.16. The molecular weight excluding hydrogens is 495 g/mol. The molecule has 1 amide bonds. The number of nitrogens with one attached hydrogen (secondary N) is 1. The molecule has 8 nitrogen and oxygen atoms in total. The summed E-state index contributed by atoms with van der Waals surface area (Å²) in [6.07, 6.45) is 1.25. The first-order chi connectivity index (χ1) is 16.6. The smallest absolute Gasteiger partial charge is 0.277 e. The number of anilines is 1. The Bertz CT molecular complexity index is 1270. The highest BCUT2D eigenvalue weighted by Gasteiger charge is 2.23. The second-order valence-corrected chi connectivity index (χ2v) is 9.60. The molecule has 0 unspecified atom stereocenters. The molecule has 0 radical (unpaired) electrons. The number of carbonyl (C=O) groups is 1. The van der Waals surface area contributed by atoms with Crippen molar-refractivity contribution in [3.8, 4) is 0 Å². The van der Waals surface area contributed by atoms with Crippen LogP contribution in [-0.4, -0.2) is 62.9 Å². The molecule has 1 N–H and O–H groups in total. The highest BCUT2D eigenvalue weighted by atomic mass is 35.5. The van der Waals surface area contributed by atoms with Crippen LogP contribution in [0.15, 0.2) is 52.1 Å². The van der Waals surface area contributed by atoms with E-state index < -0.39 is 0 Å². The Morgan fingerprint density at radius 1 is 1.03 bits per heavy atom. The number of para-hydroxylation sites is 2. The van der Waals surface area contributed by atoms with E-state index in [0.717, 1.165) is 22.5 Å². The number of aryl methyl sites for hydroxylation is 2. The number of benzene rings is 2. The molecule has 11 heteroatoms. The van der Waals surface area contributed by atoms with Crippen molar-refractivity contribution in [3.05, 3.63) is 64.2 Å². The summed E-state index contributed by atoms with van der Waals surface area (Å²) in [5, 5.41) is 9.65. The largest absolute Gasteiger partial charge is 0.416 e. The fourth-order valence-electron chi connectivity index (χ4n) is 3.90. The maximum Gasteiger partial charge on any atom is 0.277 e. The van der Waals surface area contributed by atoms with Crippen LogP contribution in [0.5, 0.6) is 0 Å². The zero-order valence-electron chi connectivity index (χ0n) is 18.2. The Hall–Kier alpha value is -2.75. The molecule has 1 fully saturated rings.